The first-order valence-electron chi connectivity index (χ1n) is 7.43. The minimum absolute atomic E-state index is 0.905. The quantitative estimate of drug-likeness (QED) is 0.814. The number of hydrogen-bond acceptors (Lipinski definition) is 3. The first-order valence-corrected chi connectivity index (χ1v) is 8.48. The molecule has 2 fully saturated rings. The normalized spacial score (nSPS) is 28.4. The molecule has 2 aliphatic rings. The van der Waals surface area contributed by atoms with Crippen LogP contribution in [0, 0.1) is 5.92 Å². The van der Waals surface area contributed by atoms with E-state index in [0.29, 0.717) is 0 Å². The predicted molar refractivity (Wildman–Crippen MR) is 77.8 cm³/mol. The summed E-state index contributed by atoms with van der Waals surface area (Å²) in [7, 11) is 0. The Labute approximate surface area is 111 Å². The predicted octanol–water partition coefficient (Wildman–Crippen LogP) is 2.59. The molecule has 0 aromatic carbocycles. The Hall–Kier alpha value is 0.270. The monoisotopic (exact) mass is 256 g/mol. The maximum atomic E-state index is 3.45. The zero-order chi connectivity index (χ0) is 11.9. The summed E-state index contributed by atoms with van der Waals surface area (Å²) in [5.41, 5.74) is 0. The van der Waals surface area contributed by atoms with Crippen molar-refractivity contribution in [2.75, 3.05) is 38.5 Å². The van der Waals surface area contributed by atoms with Gasteiger partial charge in [-0.25, -0.2) is 0 Å². The smallest absolute Gasteiger partial charge is 0.0172 e. The van der Waals surface area contributed by atoms with Crippen molar-refractivity contribution >= 4 is 11.8 Å². The van der Waals surface area contributed by atoms with Crippen LogP contribution in [-0.4, -0.2) is 48.6 Å². The number of nitrogens with zero attached hydrogens (tertiary/aromatic N) is 1. The van der Waals surface area contributed by atoms with Crippen LogP contribution in [-0.2, 0) is 0 Å². The van der Waals surface area contributed by atoms with Gasteiger partial charge in [-0.3, -0.25) is 0 Å². The summed E-state index contributed by atoms with van der Waals surface area (Å²) in [6, 6.07) is 0. The lowest BCUT2D eigenvalue weighted by molar-refractivity contribution is 0.257. The van der Waals surface area contributed by atoms with Gasteiger partial charge in [-0.1, -0.05) is 6.92 Å². The molecule has 0 saturated carbocycles. The van der Waals surface area contributed by atoms with Crippen LogP contribution in [0.3, 0.4) is 0 Å². The first kappa shape index (κ1) is 13.7. The molecule has 0 bridgehead atoms. The summed E-state index contributed by atoms with van der Waals surface area (Å²) in [5, 5.41) is 4.36. The largest absolute Gasteiger partial charge is 0.317 e. The van der Waals surface area contributed by atoms with Crippen molar-refractivity contribution in [3.05, 3.63) is 0 Å². The van der Waals surface area contributed by atoms with Crippen molar-refractivity contribution in [2.45, 2.75) is 44.3 Å². The van der Waals surface area contributed by atoms with Crippen LogP contribution in [0.15, 0.2) is 0 Å². The van der Waals surface area contributed by atoms with Crippen LogP contribution in [0.1, 0.15) is 39.0 Å². The van der Waals surface area contributed by atoms with Gasteiger partial charge in [0.2, 0.25) is 0 Å². The van der Waals surface area contributed by atoms with E-state index in [2.05, 4.69) is 28.9 Å². The lowest BCUT2D eigenvalue weighted by Crippen LogP contribution is -2.38. The number of rotatable bonds is 5. The molecule has 1 unspecified atom stereocenters. The topological polar surface area (TPSA) is 15.3 Å². The van der Waals surface area contributed by atoms with Gasteiger partial charge in [-0.2, -0.15) is 11.8 Å². The lowest BCUT2D eigenvalue weighted by Gasteiger charge is -2.32. The summed E-state index contributed by atoms with van der Waals surface area (Å²) in [5.74, 6) is 2.36. The van der Waals surface area contributed by atoms with E-state index >= 15 is 0 Å². The van der Waals surface area contributed by atoms with Gasteiger partial charge in [-0.15, -0.1) is 0 Å². The molecule has 0 aromatic rings. The molecular weight excluding hydrogens is 228 g/mol. The molecule has 2 nitrogen and oxygen atoms in total. The van der Waals surface area contributed by atoms with Gasteiger partial charge in [0.05, 0.1) is 0 Å². The molecule has 0 amide bonds. The van der Waals surface area contributed by atoms with Crippen LogP contribution < -0.4 is 5.32 Å². The zero-order valence-electron chi connectivity index (χ0n) is 11.3. The van der Waals surface area contributed by atoms with E-state index in [1.807, 2.05) is 0 Å². The molecular formula is C14H28N2S. The van der Waals surface area contributed by atoms with Crippen LogP contribution in [0.5, 0.6) is 0 Å². The molecule has 1 N–H and O–H groups in total. The van der Waals surface area contributed by atoms with E-state index in [1.165, 1.54) is 70.6 Å². The van der Waals surface area contributed by atoms with E-state index in [9.17, 15) is 0 Å². The highest BCUT2D eigenvalue weighted by Gasteiger charge is 2.19. The average molecular weight is 256 g/mol. The molecule has 2 saturated heterocycles. The molecule has 2 rings (SSSR count). The number of hydrogen-bond donors (Lipinski definition) is 1. The third kappa shape index (κ3) is 4.80. The van der Waals surface area contributed by atoms with E-state index in [4.69, 9.17) is 0 Å². The van der Waals surface area contributed by atoms with E-state index in [1.54, 1.807) is 0 Å². The summed E-state index contributed by atoms with van der Waals surface area (Å²) in [6.07, 6.45) is 7.05. The minimum atomic E-state index is 0.905. The summed E-state index contributed by atoms with van der Waals surface area (Å²) < 4.78 is 0. The Morgan fingerprint density at radius 3 is 2.88 bits per heavy atom. The second kappa shape index (κ2) is 7.65. The Kier molecular flexibility index (Phi) is 6.16. The maximum Gasteiger partial charge on any atom is 0.0172 e. The summed E-state index contributed by atoms with van der Waals surface area (Å²) in [4.78, 5) is 2.70. The van der Waals surface area contributed by atoms with Crippen molar-refractivity contribution in [1.29, 1.82) is 0 Å². The van der Waals surface area contributed by atoms with Gasteiger partial charge in [0, 0.05) is 24.1 Å². The molecule has 2 aliphatic heterocycles. The summed E-state index contributed by atoms with van der Waals surface area (Å²) in [6.45, 7) is 8.85. The highest BCUT2D eigenvalue weighted by molar-refractivity contribution is 8.00. The molecule has 0 spiro atoms. The minimum Gasteiger partial charge on any atom is -0.317 e. The van der Waals surface area contributed by atoms with Crippen LogP contribution in [0.4, 0.5) is 0 Å². The van der Waals surface area contributed by atoms with Crippen molar-refractivity contribution in [1.82, 2.24) is 10.2 Å². The van der Waals surface area contributed by atoms with Crippen molar-refractivity contribution in [3.8, 4) is 0 Å². The van der Waals surface area contributed by atoms with Gasteiger partial charge in [0.15, 0.2) is 0 Å². The summed E-state index contributed by atoms with van der Waals surface area (Å²) >= 11 is 2.18. The number of nitrogens with one attached hydrogen (secondary N) is 1. The third-order valence-electron chi connectivity index (χ3n) is 4.22. The second-order valence-corrected chi connectivity index (χ2v) is 6.95. The van der Waals surface area contributed by atoms with Gasteiger partial charge in [0.25, 0.3) is 0 Å². The van der Waals surface area contributed by atoms with Crippen molar-refractivity contribution < 1.29 is 0 Å². The molecule has 0 aromatic heterocycles. The fraction of sp³-hybridized carbons (Fsp3) is 1.00. The molecule has 0 radical (unpaired) electrons. The number of piperidine rings is 1. The third-order valence-corrected chi connectivity index (χ3v) is 5.60. The molecule has 17 heavy (non-hydrogen) atoms. The van der Waals surface area contributed by atoms with Gasteiger partial charge < -0.3 is 10.2 Å². The molecule has 3 heteroatoms. The fourth-order valence-electron chi connectivity index (χ4n) is 3.00. The fourth-order valence-corrected chi connectivity index (χ4v) is 4.25. The van der Waals surface area contributed by atoms with Gasteiger partial charge in [-0.05, 0) is 57.7 Å². The van der Waals surface area contributed by atoms with Crippen LogP contribution in [0.25, 0.3) is 0 Å². The van der Waals surface area contributed by atoms with E-state index in [0.717, 1.165) is 11.2 Å². The molecule has 0 aliphatic carbocycles. The van der Waals surface area contributed by atoms with Crippen molar-refractivity contribution in [3.63, 3.8) is 0 Å². The van der Waals surface area contributed by atoms with Crippen LogP contribution in [0.2, 0.25) is 0 Å². The Bertz CT molecular complexity index is 204. The highest BCUT2D eigenvalue weighted by Crippen LogP contribution is 2.22. The first-order chi connectivity index (χ1) is 8.38. The maximum absolute atomic E-state index is 3.45. The van der Waals surface area contributed by atoms with Gasteiger partial charge >= 0.3 is 0 Å². The average Bonchev–Trinajstić information content (AvgIpc) is 2.40. The van der Waals surface area contributed by atoms with E-state index < -0.39 is 0 Å². The lowest BCUT2D eigenvalue weighted by atomic mass is 9.93. The van der Waals surface area contributed by atoms with E-state index in [-0.39, 0.29) is 0 Å². The Morgan fingerprint density at radius 2 is 2.12 bits per heavy atom. The Balaban J connectivity index is 1.57. The van der Waals surface area contributed by atoms with Crippen molar-refractivity contribution in [2.24, 2.45) is 5.92 Å². The highest BCUT2D eigenvalue weighted by atomic mass is 32.2. The van der Waals surface area contributed by atoms with Crippen LogP contribution >= 0.6 is 11.8 Å². The second-order valence-electron chi connectivity index (χ2n) is 5.54. The number of thioether (sulfide) groups is 1. The molecule has 1 atom stereocenters. The zero-order valence-corrected chi connectivity index (χ0v) is 12.1. The Morgan fingerprint density at radius 1 is 1.29 bits per heavy atom. The SMILES string of the molecule is CCC1CN(CCCC2CCNCC2)CCS1. The standard InChI is InChI=1S/C14H28N2S/c1-2-14-12-16(10-11-17-14)9-3-4-13-5-7-15-8-6-13/h13-15H,2-12H2,1H3. The molecule has 100 valence electrons. The van der Waals surface area contributed by atoms with Gasteiger partial charge in [0.1, 0.15) is 0 Å². The molecule has 2 heterocycles.